The number of hydrogen-bond donors (Lipinski definition) is 2. The molecule has 1 unspecified atom stereocenters. The van der Waals surface area contributed by atoms with Gasteiger partial charge in [-0.1, -0.05) is 12.6 Å². The van der Waals surface area contributed by atoms with Crippen LogP contribution in [-0.2, 0) is 6.18 Å². The fraction of sp³-hybridized carbons (Fsp3) is 0.286. The predicted molar refractivity (Wildman–Crippen MR) is 111 cm³/mol. The molecule has 1 atom stereocenters. The Morgan fingerprint density at radius 1 is 1.33 bits per heavy atom. The number of alkyl halides is 3. The van der Waals surface area contributed by atoms with Gasteiger partial charge < -0.3 is 15.5 Å². The normalized spacial score (nSPS) is 17.0. The number of halogens is 3. The maximum absolute atomic E-state index is 12.9. The highest BCUT2D eigenvalue weighted by Gasteiger charge is 2.30. The van der Waals surface area contributed by atoms with Crippen LogP contribution in [0.4, 0.5) is 24.7 Å². The molecule has 1 saturated heterocycles. The molecule has 0 spiro atoms. The Labute approximate surface area is 172 Å². The number of likely N-dealkylation sites (tertiary alicyclic amines) is 1. The van der Waals surface area contributed by atoms with Crippen molar-refractivity contribution < 1.29 is 18.0 Å². The zero-order valence-corrected chi connectivity index (χ0v) is 16.4. The number of nitrogens with one attached hydrogen (secondary N) is 2. The highest BCUT2D eigenvalue weighted by Crippen LogP contribution is 2.31. The first kappa shape index (κ1) is 21.4. The minimum atomic E-state index is -4.48. The second-order valence-corrected chi connectivity index (χ2v) is 6.87. The van der Waals surface area contributed by atoms with E-state index in [0.29, 0.717) is 12.4 Å². The lowest BCUT2D eigenvalue weighted by atomic mass is 10.1. The van der Waals surface area contributed by atoms with Gasteiger partial charge in [-0.2, -0.15) is 13.2 Å². The molecule has 30 heavy (non-hydrogen) atoms. The number of carbonyl (C=O) groups is 1. The summed E-state index contributed by atoms with van der Waals surface area (Å²) in [5, 5.41) is 5.78. The molecule has 158 valence electrons. The van der Waals surface area contributed by atoms with Crippen molar-refractivity contribution in [1.82, 2.24) is 9.88 Å². The first-order valence-electron chi connectivity index (χ1n) is 9.38. The van der Waals surface area contributed by atoms with E-state index in [0.717, 1.165) is 30.9 Å². The fourth-order valence-electron chi connectivity index (χ4n) is 3.25. The number of carbonyl (C=O) groups excluding carboxylic acids is 1. The summed E-state index contributed by atoms with van der Waals surface area (Å²) in [6, 6.07) is 7.75. The smallest absolute Gasteiger partial charge is 0.365 e. The lowest BCUT2D eigenvalue weighted by Crippen LogP contribution is -2.30. The van der Waals surface area contributed by atoms with Gasteiger partial charge in [-0.25, -0.2) is 9.98 Å². The third-order valence-corrected chi connectivity index (χ3v) is 4.76. The number of amides is 1. The van der Waals surface area contributed by atoms with Gasteiger partial charge >= 0.3 is 6.18 Å². The molecule has 0 aliphatic carbocycles. The van der Waals surface area contributed by atoms with E-state index in [1.165, 1.54) is 18.3 Å². The van der Waals surface area contributed by atoms with E-state index in [9.17, 15) is 18.0 Å². The number of pyridine rings is 1. The van der Waals surface area contributed by atoms with Crippen LogP contribution >= 0.6 is 0 Å². The third kappa shape index (κ3) is 5.16. The van der Waals surface area contributed by atoms with Crippen molar-refractivity contribution in [2.75, 3.05) is 23.7 Å². The van der Waals surface area contributed by atoms with Crippen LogP contribution in [0, 0.1) is 0 Å². The van der Waals surface area contributed by atoms with Crippen LogP contribution < -0.4 is 10.6 Å². The first-order valence-corrected chi connectivity index (χ1v) is 9.38. The van der Waals surface area contributed by atoms with Gasteiger partial charge in [0, 0.05) is 37.2 Å². The quantitative estimate of drug-likeness (QED) is 0.559. The summed E-state index contributed by atoms with van der Waals surface area (Å²) in [6.45, 7) is 6.99. The van der Waals surface area contributed by atoms with Gasteiger partial charge in [-0.05, 0) is 43.7 Å². The van der Waals surface area contributed by atoms with Gasteiger partial charge in [0.1, 0.15) is 11.7 Å². The number of aromatic nitrogens is 1. The lowest BCUT2D eigenvalue weighted by Gasteiger charge is -2.19. The zero-order valence-electron chi connectivity index (χ0n) is 16.4. The number of anilines is 2. The van der Waals surface area contributed by atoms with Gasteiger partial charge in [-0.15, -0.1) is 0 Å². The fourth-order valence-corrected chi connectivity index (χ4v) is 3.25. The minimum Gasteiger partial charge on any atom is -0.365 e. The number of amidine groups is 1. The van der Waals surface area contributed by atoms with Crippen molar-refractivity contribution in [3.63, 3.8) is 0 Å². The SMILES string of the molecule is C=CN=C(C)N1CCC(Nc2ncccc2C(=O)Nc2cccc(C(F)(F)F)c2)C1. The van der Waals surface area contributed by atoms with Crippen LogP contribution in [0.1, 0.15) is 29.3 Å². The van der Waals surface area contributed by atoms with Crippen molar-refractivity contribution in [2.24, 2.45) is 4.99 Å². The van der Waals surface area contributed by atoms with E-state index >= 15 is 0 Å². The molecule has 1 amide bonds. The van der Waals surface area contributed by atoms with Crippen molar-refractivity contribution in [3.05, 3.63) is 66.5 Å². The monoisotopic (exact) mass is 417 g/mol. The van der Waals surface area contributed by atoms with Crippen molar-refractivity contribution in [2.45, 2.75) is 25.6 Å². The first-order chi connectivity index (χ1) is 14.3. The van der Waals surface area contributed by atoms with Gasteiger partial charge in [0.15, 0.2) is 0 Å². The second-order valence-electron chi connectivity index (χ2n) is 6.87. The lowest BCUT2D eigenvalue weighted by molar-refractivity contribution is -0.137. The number of benzene rings is 1. The van der Waals surface area contributed by atoms with Crippen LogP contribution in [0.3, 0.4) is 0 Å². The van der Waals surface area contributed by atoms with Crippen LogP contribution in [0.25, 0.3) is 0 Å². The maximum atomic E-state index is 12.9. The summed E-state index contributed by atoms with van der Waals surface area (Å²) in [7, 11) is 0. The van der Waals surface area contributed by atoms with E-state index in [4.69, 9.17) is 0 Å². The summed E-state index contributed by atoms with van der Waals surface area (Å²) in [5.41, 5.74) is -0.509. The number of aliphatic imine (C=N–C) groups is 1. The van der Waals surface area contributed by atoms with Gasteiger partial charge in [0.05, 0.1) is 11.1 Å². The Morgan fingerprint density at radius 3 is 2.87 bits per heavy atom. The van der Waals surface area contributed by atoms with E-state index in [-0.39, 0.29) is 17.3 Å². The van der Waals surface area contributed by atoms with Crippen molar-refractivity contribution >= 4 is 23.2 Å². The third-order valence-electron chi connectivity index (χ3n) is 4.76. The summed E-state index contributed by atoms with van der Waals surface area (Å²) in [6.07, 6.45) is -0.607. The molecule has 2 aromatic rings. The second kappa shape index (κ2) is 8.98. The Hall–Kier alpha value is -3.36. The highest BCUT2D eigenvalue weighted by molar-refractivity contribution is 6.07. The maximum Gasteiger partial charge on any atom is 0.416 e. The molecule has 1 aliphatic heterocycles. The van der Waals surface area contributed by atoms with Crippen molar-refractivity contribution in [3.8, 4) is 0 Å². The van der Waals surface area contributed by atoms with Crippen LogP contribution in [0.2, 0.25) is 0 Å². The Morgan fingerprint density at radius 2 is 2.13 bits per heavy atom. The summed E-state index contributed by atoms with van der Waals surface area (Å²) in [4.78, 5) is 23.3. The molecule has 1 aliphatic rings. The highest BCUT2D eigenvalue weighted by atomic mass is 19.4. The van der Waals surface area contributed by atoms with E-state index in [2.05, 4.69) is 32.1 Å². The standard InChI is InChI=1S/C21H22F3N5O/c1-3-25-14(2)29-11-9-17(13-29)27-19-18(8-5-10-26-19)20(30)28-16-7-4-6-15(12-16)21(22,23)24/h3-8,10,12,17H,1,9,11,13H2,2H3,(H,26,27)(H,28,30). The largest absolute Gasteiger partial charge is 0.416 e. The van der Waals surface area contributed by atoms with Crippen LogP contribution in [-0.4, -0.2) is 40.8 Å². The molecule has 0 bridgehead atoms. The minimum absolute atomic E-state index is 0.0509. The van der Waals surface area contributed by atoms with Gasteiger partial charge in [0.25, 0.3) is 5.91 Å². The molecule has 0 saturated carbocycles. The molecule has 2 heterocycles. The Bertz CT molecular complexity index is 958. The van der Waals surface area contributed by atoms with Crippen LogP contribution in [0.15, 0.2) is 60.4 Å². The summed E-state index contributed by atoms with van der Waals surface area (Å²) in [5.74, 6) is 0.703. The summed E-state index contributed by atoms with van der Waals surface area (Å²) < 4.78 is 38.7. The molecule has 3 rings (SSSR count). The van der Waals surface area contributed by atoms with E-state index < -0.39 is 17.6 Å². The Balaban J connectivity index is 1.72. The average molecular weight is 417 g/mol. The molecule has 1 fully saturated rings. The molecule has 1 aromatic heterocycles. The van der Waals surface area contributed by atoms with E-state index in [1.54, 1.807) is 18.3 Å². The topological polar surface area (TPSA) is 69.6 Å². The number of hydrogen-bond acceptors (Lipinski definition) is 4. The predicted octanol–water partition coefficient (Wildman–Crippen LogP) is 4.40. The molecule has 9 heteroatoms. The summed E-state index contributed by atoms with van der Waals surface area (Å²) >= 11 is 0. The molecule has 2 N–H and O–H groups in total. The average Bonchev–Trinajstić information content (AvgIpc) is 3.17. The zero-order chi connectivity index (χ0) is 21.7. The van der Waals surface area contributed by atoms with Gasteiger partial charge in [0.2, 0.25) is 0 Å². The van der Waals surface area contributed by atoms with E-state index in [1.807, 2.05) is 6.92 Å². The van der Waals surface area contributed by atoms with Crippen molar-refractivity contribution in [1.29, 1.82) is 0 Å². The number of nitrogens with zero attached hydrogens (tertiary/aromatic N) is 3. The van der Waals surface area contributed by atoms with Crippen LogP contribution in [0.5, 0.6) is 0 Å². The molecule has 1 aromatic carbocycles. The number of rotatable bonds is 5. The molecule has 0 radical (unpaired) electrons. The molecular formula is C21H22F3N5O. The molecular weight excluding hydrogens is 395 g/mol. The Kier molecular flexibility index (Phi) is 6.39. The molecule has 6 nitrogen and oxygen atoms in total. The van der Waals surface area contributed by atoms with Gasteiger partial charge in [-0.3, -0.25) is 4.79 Å².